The lowest BCUT2D eigenvalue weighted by atomic mass is 9.87. The molecule has 1 unspecified atom stereocenters. The lowest BCUT2D eigenvalue weighted by Crippen LogP contribution is -2.31. The minimum Gasteiger partial charge on any atom is -0.493 e. The summed E-state index contributed by atoms with van der Waals surface area (Å²) in [7, 11) is 3.37. The van der Waals surface area contributed by atoms with Crippen LogP contribution < -0.4 is 14.8 Å². The Morgan fingerprint density at radius 1 is 1.00 bits per heavy atom. The van der Waals surface area contributed by atoms with Gasteiger partial charge in [-0.25, -0.2) is 0 Å². The zero-order valence-corrected chi connectivity index (χ0v) is 12.8. The molecule has 1 aliphatic heterocycles. The fraction of sp³-hybridized carbons (Fsp3) is 0.333. The Bertz CT molecular complexity index is 652. The van der Waals surface area contributed by atoms with E-state index >= 15 is 0 Å². The molecular formula is C18H21NO2. The summed E-state index contributed by atoms with van der Waals surface area (Å²) < 4.78 is 10.9. The van der Waals surface area contributed by atoms with Crippen molar-refractivity contribution in [3.8, 4) is 11.5 Å². The first-order chi connectivity index (χ1) is 10.2. The van der Waals surface area contributed by atoms with Crippen molar-refractivity contribution < 1.29 is 9.47 Å². The zero-order chi connectivity index (χ0) is 14.8. The molecule has 1 heterocycles. The van der Waals surface area contributed by atoms with Crippen molar-refractivity contribution in [1.29, 1.82) is 0 Å². The second-order valence-corrected chi connectivity index (χ2v) is 5.40. The highest BCUT2D eigenvalue weighted by Gasteiger charge is 2.24. The normalized spacial score (nSPS) is 17.2. The van der Waals surface area contributed by atoms with Gasteiger partial charge in [0.2, 0.25) is 0 Å². The maximum Gasteiger partial charge on any atom is 0.161 e. The molecular weight excluding hydrogens is 262 g/mol. The monoisotopic (exact) mass is 283 g/mol. The summed E-state index contributed by atoms with van der Waals surface area (Å²) in [5.74, 6) is 1.60. The number of benzene rings is 2. The number of hydrogen-bond donors (Lipinski definition) is 1. The van der Waals surface area contributed by atoms with Crippen molar-refractivity contribution in [2.45, 2.75) is 19.4 Å². The number of aryl methyl sites for hydroxylation is 1. The van der Waals surface area contributed by atoms with Crippen LogP contribution in [0.3, 0.4) is 0 Å². The number of fused-ring (bicyclic) bond motifs is 1. The van der Waals surface area contributed by atoms with E-state index in [2.05, 4.69) is 48.6 Å². The zero-order valence-electron chi connectivity index (χ0n) is 12.8. The smallest absolute Gasteiger partial charge is 0.161 e. The van der Waals surface area contributed by atoms with Gasteiger partial charge in [-0.15, -0.1) is 0 Å². The van der Waals surface area contributed by atoms with E-state index in [-0.39, 0.29) is 6.04 Å². The van der Waals surface area contributed by atoms with Crippen LogP contribution in [0, 0.1) is 6.92 Å². The van der Waals surface area contributed by atoms with Gasteiger partial charge in [0.05, 0.1) is 20.3 Å². The third kappa shape index (κ3) is 2.49. The van der Waals surface area contributed by atoms with E-state index in [9.17, 15) is 0 Å². The summed E-state index contributed by atoms with van der Waals surface area (Å²) in [6.07, 6.45) is 1.01. The maximum absolute atomic E-state index is 5.46. The van der Waals surface area contributed by atoms with Gasteiger partial charge in [-0.3, -0.25) is 0 Å². The van der Waals surface area contributed by atoms with Crippen LogP contribution in [0.25, 0.3) is 0 Å². The summed E-state index contributed by atoms with van der Waals surface area (Å²) in [4.78, 5) is 0. The lowest BCUT2D eigenvalue weighted by Gasteiger charge is -2.29. The fourth-order valence-corrected chi connectivity index (χ4v) is 3.07. The predicted octanol–water partition coefficient (Wildman–Crippen LogP) is 3.25. The summed E-state index contributed by atoms with van der Waals surface area (Å²) in [6.45, 7) is 3.13. The number of rotatable bonds is 3. The van der Waals surface area contributed by atoms with E-state index in [1.807, 2.05) is 0 Å². The van der Waals surface area contributed by atoms with Gasteiger partial charge in [0.25, 0.3) is 0 Å². The standard InChI is InChI=1S/C18H21NO2/c1-12-6-4-5-7-14(12)18-15-11-17(21-3)16(20-2)10-13(15)8-9-19-18/h4-7,10-11,18-19H,8-9H2,1-3H3. The van der Waals surface area contributed by atoms with Crippen molar-refractivity contribution in [3.05, 3.63) is 58.7 Å². The molecule has 3 nitrogen and oxygen atoms in total. The quantitative estimate of drug-likeness (QED) is 0.938. The van der Waals surface area contributed by atoms with Crippen molar-refractivity contribution in [2.24, 2.45) is 0 Å². The Hall–Kier alpha value is -2.00. The second-order valence-electron chi connectivity index (χ2n) is 5.40. The van der Waals surface area contributed by atoms with Gasteiger partial charge < -0.3 is 14.8 Å². The molecule has 21 heavy (non-hydrogen) atoms. The third-order valence-corrected chi connectivity index (χ3v) is 4.20. The highest BCUT2D eigenvalue weighted by Crippen LogP contribution is 2.37. The minimum atomic E-state index is 0.217. The molecule has 0 amide bonds. The summed E-state index contributed by atoms with van der Waals surface area (Å²) in [6, 6.07) is 13.0. The van der Waals surface area contributed by atoms with E-state index in [0.717, 1.165) is 24.5 Å². The average Bonchev–Trinajstić information content (AvgIpc) is 2.53. The Balaban J connectivity index is 2.11. The highest BCUT2D eigenvalue weighted by atomic mass is 16.5. The molecule has 1 atom stereocenters. The van der Waals surface area contributed by atoms with E-state index < -0.39 is 0 Å². The van der Waals surface area contributed by atoms with Gasteiger partial charge in [-0.2, -0.15) is 0 Å². The highest BCUT2D eigenvalue weighted by molar-refractivity contribution is 5.52. The molecule has 1 aliphatic rings. The molecule has 0 fully saturated rings. The van der Waals surface area contributed by atoms with E-state index in [4.69, 9.17) is 9.47 Å². The third-order valence-electron chi connectivity index (χ3n) is 4.20. The number of nitrogens with one attached hydrogen (secondary N) is 1. The van der Waals surface area contributed by atoms with E-state index in [1.54, 1.807) is 14.2 Å². The number of hydrogen-bond acceptors (Lipinski definition) is 3. The molecule has 0 aliphatic carbocycles. The van der Waals surface area contributed by atoms with Crippen molar-refractivity contribution >= 4 is 0 Å². The summed E-state index contributed by atoms with van der Waals surface area (Å²) in [5.41, 5.74) is 5.25. The molecule has 3 heteroatoms. The average molecular weight is 283 g/mol. The van der Waals surface area contributed by atoms with Crippen LogP contribution in [0.4, 0.5) is 0 Å². The molecule has 0 saturated carbocycles. The number of ether oxygens (including phenoxy) is 2. The van der Waals surface area contributed by atoms with Gasteiger partial charge >= 0.3 is 0 Å². The van der Waals surface area contributed by atoms with Crippen LogP contribution in [-0.2, 0) is 6.42 Å². The molecule has 0 spiro atoms. The minimum absolute atomic E-state index is 0.217. The molecule has 2 aromatic carbocycles. The first kappa shape index (κ1) is 14.0. The van der Waals surface area contributed by atoms with Gasteiger partial charge in [-0.1, -0.05) is 24.3 Å². The molecule has 0 bridgehead atoms. The molecule has 0 radical (unpaired) electrons. The van der Waals surface area contributed by atoms with Crippen LogP contribution in [0.2, 0.25) is 0 Å². The van der Waals surface area contributed by atoms with Crippen molar-refractivity contribution in [3.63, 3.8) is 0 Å². The molecule has 2 aromatic rings. The van der Waals surface area contributed by atoms with Gasteiger partial charge in [-0.05, 0) is 47.7 Å². The summed E-state index contributed by atoms with van der Waals surface area (Å²) in [5, 5.41) is 3.62. The van der Waals surface area contributed by atoms with Crippen molar-refractivity contribution in [1.82, 2.24) is 5.32 Å². The Morgan fingerprint density at radius 2 is 1.71 bits per heavy atom. The Kier molecular flexibility index (Phi) is 3.84. The Labute approximate surface area is 125 Å². The van der Waals surface area contributed by atoms with Crippen LogP contribution in [0.15, 0.2) is 36.4 Å². The SMILES string of the molecule is COc1cc2c(cc1OC)C(c1ccccc1C)NCC2. The first-order valence-corrected chi connectivity index (χ1v) is 7.28. The van der Waals surface area contributed by atoms with Crippen LogP contribution >= 0.6 is 0 Å². The lowest BCUT2D eigenvalue weighted by molar-refractivity contribution is 0.353. The van der Waals surface area contributed by atoms with Gasteiger partial charge in [0, 0.05) is 6.54 Å². The maximum atomic E-state index is 5.46. The molecule has 1 N–H and O–H groups in total. The van der Waals surface area contributed by atoms with Crippen LogP contribution in [-0.4, -0.2) is 20.8 Å². The van der Waals surface area contributed by atoms with Gasteiger partial charge in [0.1, 0.15) is 0 Å². The van der Waals surface area contributed by atoms with Crippen LogP contribution in [0.1, 0.15) is 28.3 Å². The van der Waals surface area contributed by atoms with Crippen LogP contribution in [0.5, 0.6) is 11.5 Å². The van der Waals surface area contributed by atoms with E-state index in [0.29, 0.717) is 0 Å². The fourth-order valence-electron chi connectivity index (χ4n) is 3.07. The summed E-state index contributed by atoms with van der Waals surface area (Å²) >= 11 is 0. The number of methoxy groups -OCH3 is 2. The molecule has 110 valence electrons. The van der Waals surface area contributed by atoms with Gasteiger partial charge in [0.15, 0.2) is 11.5 Å². The molecule has 0 aromatic heterocycles. The Morgan fingerprint density at radius 3 is 2.43 bits per heavy atom. The predicted molar refractivity (Wildman–Crippen MR) is 84.3 cm³/mol. The topological polar surface area (TPSA) is 30.5 Å². The first-order valence-electron chi connectivity index (χ1n) is 7.28. The van der Waals surface area contributed by atoms with E-state index in [1.165, 1.54) is 22.3 Å². The van der Waals surface area contributed by atoms with Crippen molar-refractivity contribution in [2.75, 3.05) is 20.8 Å². The molecule has 3 rings (SSSR count). The largest absolute Gasteiger partial charge is 0.493 e. The molecule has 0 saturated heterocycles. The second kappa shape index (κ2) is 5.78.